The summed E-state index contributed by atoms with van der Waals surface area (Å²) in [5.74, 6) is 0.0954. The Labute approximate surface area is 196 Å². The Hall–Kier alpha value is -4.01. The summed E-state index contributed by atoms with van der Waals surface area (Å²) in [4.78, 5) is 24.6. The number of nitrogens with one attached hydrogen (secondary N) is 1. The lowest BCUT2D eigenvalue weighted by Gasteiger charge is -2.17. The predicted octanol–water partition coefficient (Wildman–Crippen LogP) is 3.44. The van der Waals surface area contributed by atoms with Crippen LogP contribution in [-0.2, 0) is 24.1 Å². The van der Waals surface area contributed by atoms with Gasteiger partial charge in [-0.25, -0.2) is 15.0 Å². The average Bonchev–Trinajstić information content (AvgIpc) is 3.29. The molecule has 174 valence electrons. The lowest BCUT2D eigenvalue weighted by atomic mass is 10.0. The monoisotopic (exact) mass is 458 g/mol. The highest BCUT2D eigenvalue weighted by molar-refractivity contribution is 5.79. The number of carboxylic acid groups (broad SMARTS) is 1. The average molecular weight is 459 g/mol. The van der Waals surface area contributed by atoms with Crippen LogP contribution in [0.15, 0.2) is 48.9 Å². The van der Waals surface area contributed by atoms with Gasteiger partial charge in [0.1, 0.15) is 5.82 Å². The Morgan fingerprint density at radius 2 is 2.06 bits per heavy atom. The molecule has 9 nitrogen and oxygen atoms in total. The van der Waals surface area contributed by atoms with E-state index in [1.165, 1.54) is 12.7 Å². The summed E-state index contributed by atoms with van der Waals surface area (Å²) in [6, 6.07) is 10.2. The quantitative estimate of drug-likeness (QED) is 0.413. The molecule has 0 radical (unpaired) electrons. The number of aromatic nitrogens is 5. The summed E-state index contributed by atoms with van der Waals surface area (Å²) >= 11 is 0. The second-order valence-corrected chi connectivity index (χ2v) is 8.46. The Morgan fingerprint density at radius 1 is 1.21 bits per heavy atom. The van der Waals surface area contributed by atoms with E-state index in [4.69, 9.17) is 14.8 Å². The van der Waals surface area contributed by atoms with Gasteiger partial charge < -0.3 is 15.2 Å². The molecule has 0 spiro atoms. The molecule has 4 aromatic rings. The minimum atomic E-state index is -0.923. The zero-order valence-electron chi connectivity index (χ0n) is 18.9. The molecule has 1 atom stereocenters. The number of ether oxygens (including phenoxy) is 1. The maximum Gasteiger partial charge on any atom is 0.316 e. The number of aliphatic carboxylic acids is 1. The minimum Gasteiger partial charge on any atom is -0.481 e. The number of hydrogen-bond acceptors (Lipinski definition) is 7. The summed E-state index contributed by atoms with van der Waals surface area (Å²) in [7, 11) is 1.49. The van der Waals surface area contributed by atoms with Crippen molar-refractivity contribution in [3.63, 3.8) is 0 Å². The molecule has 0 amide bonds. The first kappa shape index (κ1) is 21.8. The van der Waals surface area contributed by atoms with Crippen LogP contribution in [0.3, 0.4) is 0 Å². The van der Waals surface area contributed by atoms with Crippen molar-refractivity contribution in [3.05, 3.63) is 71.3 Å². The second-order valence-electron chi connectivity index (χ2n) is 8.46. The molecule has 34 heavy (non-hydrogen) atoms. The molecule has 1 unspecified atom stereocenters. The summed E-state index contributed by atoms with van der Waals surface area (Å²) in [6.07, 6.45) is 8.82. The largest absolute Gasteiger partial charge is 0.481 e. The molecule has 0 bridgehead atoms. The zero-order chi connectivity index (χ0) is 23.5. The van der Waals surface area contributed by atoms with Crippen molar-refractivity contribution in [1.29, 1.82) is 0 Å². The zero-order valence-corrected chi connectivity index (χ0v) is 18.9. The standard InChI is InChI=1S/C25H26N6O3/c1-34-25-27-13-19(14-28-25)22(12-23(32)33)31-15-18-6-4-16(11-21(18)30-31)5-8-20-9-7-17-3-2-10-26-24(17)29-20/h4,6-7,9,11,13-15,22H,2-3,5,8,10,12H2,1H3,(H,26,29)(H,32,33). The lowest BCUT2D eigenvalue weighted by Crippen LogP contribution is -2.16. The van der Waals surface area contributed by atoms with E-state index in [1.54, 1.807) is 17.1 Å². The van der Waals surface area contributed by atoms with Gasteiger partial charge in [0.15, 0.2) is 0 Å². The topological polar surface area (TPSA) is 115 Å². The molecule has 0 fully saturated rings. The number of methoxy groups -OCH3 is 1. The number of benzene rings is 1. The molecule has 0 saturated carbocycles. The number of hydrogen-bond donors (Lipinski definition) is 2. The first-order valence-electron chi connectivity index (χ1n) is 11.4. The van der Waals surface area contributed by atoms with Crippen molar-refractivity contribution in [1.82, 2.24) is 24.7 Å². The smallest absolute Gasteiger partial charge is 0.316 e. The normalized spacial score (nSPS) is 13.8. The number of nitrogens with zero attached hydrogens (tertiary/aromatic N) is 5. The van der Waals surface area contributed by atoms with E-state index in [9.17, 15) is 9.90 Å². The fourth-order valence-electron chi connectivity index (χ4n) is 4.31. The number of aryl methyl sites for hydroxylation is 3. The van der Waals surface area contributed by atoms with E-state index in [0.29, 0.717) is 5.56 Å². The van der Waals surface area contributed by atoms with Crippen LogP contribution in [0.2, 0.25) is 0 Å². The van der Waals surface area contributed by atoms with Crippen LogP contribution in [0.5, 0.6) is 6.01 Å². The Balaban J connectivity index is 1.36. The van der Waals surface area contributed by atoms with Crippen LogP contribution in [0.4, 0.5) is 5.82 Å². The minimum absolute atomic E-state index is 0.130. The third kappa shape index (κ3) is 4.68. The van der Waals surface area contributed by atoms with Crippen molar-refractivity contribution in [2.24, 2.45) is 0 Å². The fraction of sp³-hybridized carbons (Fsp3) is 0.320. The molecule has 1 aromatic carbocycles. The molecule has 3 aromatic heterocycles. The fourth-order valence-corrected chi connectivity index (χ4v) is 4.31. The van der Waals surface area contributed by atoms with E-state index >= 15 is 0 Å². The Bertz CT molecular complexity index is 1320. The number of fused-ring (bicyclic) bond motifs is 2. The number of anilines is 1. The molecule has 9 heteroatoms. The van der Waals surface area contributed by atoms with Gasteiger partial charge >= 0.3 is 12.0 Å². The van der Waals surface area contributed by atoms with Crippen LogP contribution in [0, 0.1) is 0 Å². The highest BCUT2D eigenvalue weighted by Crippen LogP contribution is 2.25. The number of pyridine rings is 1. The second kappa shape index (κ2) is 9.46. The van der Waals surface area contributed by atoms with E-state index in [1.807, 2.05) is 12.3 Å². The number of carbonyl (C=O) groups is 1. The summed E-state index contributed by atoms with van der Waals surface area (Å²) in [5.41, 5.74) is 5.00. The Morgan fingerprint density at radius 3 is 2.85 bits per heavy atom. The summed E-state index contributed by atoms with van der Waals surface area (Å²) in [5, 5.41) is 18.5. The lowest BCUT2D eigenvalue weighted by molar-refractivity contribution is -0.137. The van der Waals surface area contributed by atoms with Gasteiger partial charge in [-0.1, -0.05) is 18.2 Å². The van der Waals surface area contributed by atoms with Crippen LogP contribution < -0.4 is 10.1 Å². The Kier molecular flexibility index (Phi) is 6.07. The molecule has 1 aliphatic rings. The van der Waals surface area contributed by atoms with Crippen LogP contribution in [0.1, 0.15) is 41.3 Å². The van der Waals surface area contributed by atoms with Gasteiger partial charge in [0.05, 0.1) is 25.1 Å². The molecule has 0 aliphatic carbocycles. The first-order valence-corrected chi connectivity index (χ1v) is 11.4. The van der Waals surface area contributed by atoms with Gasteiger partial charge in [0, 0.05) is 41.8 Å². The molecular weight excluding hydrogens is 432 g/mol. The molecule has 4 heterocycles. The maximum atomic E-state index is 11.5. The highest BCUT2D eigenvalue weighted by atomic mass is 16.5. The van der Waals surface area contributed by atoms with Crippen LogP contribution >= 0.6 is 0 Å². The third-order valence-corrected chi connectivity index (χ3v) is 6.11. The SMILES string of the molecule is COc1ncc(C(CC(=O)O)n2cc3ccc(CCc4ccc5c(n4)NCCC5)cc3n2)cn1. The van der Waals surface area contributed by atoms with Crippen molar-refractivity contribution in [3.8, 4) is 6.01 Å². The van der Waals surface area contributed by atoms with Crippen molar-refractivity contribution in [2.45, 2.75) is 38.1 Å². The van der Waals surface area contributed by atoms with Crippen molar-refractivity contribution in [2.75, 3.05) is 19.0 Å². The molecule has 5 rings (SSSR count). The van der Waals surface area contributed by atoms with Crippen molar-refractivity contribution < 1.29 is 14.6 Å². The van der Waals surface area contributed by atoms with Crippen LogP contribution in [-0.4, -0.2) is 49.5 Å². The van der Waals surface area contributed by atoms with Gasteiger partial charge in [-0.2, -0.15) is 5.10 Å². The van der Waals surface area contributed by atoms with Crippen molar-refractivity contribution >= 4 is 22.7 Å². The number of rotatable bonds is 8. The van der Waals surface area contributed by atoms with E-state index in [0.717, 1.165) is 60.2 Å². The predicted molar refractivity (Wildman–Crippen MR) is 127 cm³/mol. The van der Waals surface area contributed by atoms with Gasteiger partial charge in [-0.3, -0.25) is 9.48 Å². The van der Waals surface area contributed by atoms with Crippen LogP contribution in [0.25, 0.3) is 10.9 Å². The van der Waals surface area contributed by atoms with E-state index in [-0.39, 0.29) is 12.4 Å². The van der Waals surface area contributed by atoms with Gasteiger partial charge in [0.2, 0.25) is 0 Å². The van der Waals surface area contributed by atoms with Gasteiger partial charge in [-0.15, -0.1) is 0 Å². The summed E-state index contributed by atoms with van der Waals surface area (Å²) < 4.78 is 6.70. The van der Waals surface area contributed by atoms with Gasteiger partial charge in [-0.05, 0) is 48.9 Å². The number of carboxylic acids is 1. The first-order chi connectivity index (χ1) is 16.6. The maximum absolute atomic E-state index is 11.5. The third-order valence-electron chi connectivity index (χ3n) is 6.11. The molecule has 1 aliphatic heterocycles. The summed E-state index contributed by atoms with van der Waals surface area (Å²) in [6.45, 7) is 0.980. The van der Waals surface area contributed by atoms with E-state index < -0.39 is 12.0 Å². The molecular formula is C25H26N6O3. The highest BCUT2D eigenvalue weighted by Gasteiger charge is 2.20. The molecule has 0 saturated heterocycles. The molecule has 2 N–H and O–H groups in total. The van der Waals surface area contributed by atoms with Gasteiger partial charge in [0.25, 0.3) is 0 Å². The van der Waals surface area contributed by atoms with E-state index in [2.05, 4.69) is 39.6 Å².